The second-order valence-electron chi connectivity index (χ2n) is 20.4. The van der Waals surface area contributed by atoms with E-state index in [1.165, 1.54) is 315 Å². The van der Waals surface area contributed by atoms with Crippen LogP contribution in [0, 0.1) is 0 Å². The highest BCUT2D eigenvalue weighted by Gasteiger charge is 2.08. The largest absolute Gasteiger partial charge is 0.315 e. The van der Waals surface area contributed by atoms with Gasteiger partial charge in [0.05, 0.1) is 0 Å². The molecule has 1 aliphatic rings. The molecule has 4 nitrogen and oxygen atoms in total. The van der Waals surface area contributed by atoms with Crippen molar-refractivity contribution in [2.24, 2.45) is 0 Å². The normalized spacial score (nSPS) is 12.0. The Labute approximate surface area is 430 Å². The van der Waals surface area contributed by atoms with Crippen molar-refractivity contribution >= 4 is 0 Å². The lowest BCUT2D eigenvalue weighted by molar-refractivity contribution is 0.314. The van der Waals surface area contributed by atoms with Gasteiger partial charge in [0.2, 0.25) is 0 Å². The minimum absolute atomic E-state index is 1.08. The highest BCUT2D eigenvalue weighted by molar-refractivity contribution is 4.66. The summed E-state index contributed by atoms with van der Waals surface area (Å²) in [6, 6.07) is 0. The van der Waals surface area contributed by atoms with Crippen LogP contribution in [0.2, 0.25) is 0 Å². The van der Waals surface area contributed by atoms with E-state index in [4.69, 9.17) is 0 Å². The summed E-state index contributed by atoms with van der Waals surface area (Å²) in [5, 5.41) is 6.95. The van der Waals surface area contributed by atoms with Crippen LogP contribution >= 0.6 is 0 Å². The molecule has 412 valence electrons. The van der Waals surface area contributed by atoms with Gasteiger partial charge in [-0.25, -0.2) is 0 Å². The van der Waals surface area contributed by atoms with E-state index in [0.29, 0.717) is 0 Å². The Morgan fingerprint density at radius 3 is 0.821 bits per heavy atom. The Balaban J connectivity index is -0.000000259. The number of rotatable bonds is 46. The first kappa shape index (κ1) is 75.8. The SMILES string of the molecule is CC.CCC.CCCCCCCC.CCCCCCCCCCCCC.CCCCCCCCCCCCCCNCCN1CCNC1.CCCCCCCCCN(C)CCCCCCCC. The van der Waals surface area contributed by atoms with Gasteiger partial charge in [-0.15, -0.1) is 0 Å². The number of nitrogens with one attached hydrogen (secondary N) is 2. The van der Waals surface area contributed by atoms with E-state index in [-0.39, 0.29) is 0 Å². The van der Waals surface area contributed by atoms with Crippen LogP contribution in [0.4, 0.5) is 0 Å². The molecule has 0 aromatic carbocycles. The van der Waals surface area contributed by atoms with Crippen molar-refractivity contribution in [2.75, 3.05) is 59.5 Å². The summed E-state index contributed by atoms with van der Waals surface area (Å²) >= 11 is 0. The van der Waals surface area contributed by atoms with Crippen LogP contribution in [-0.2, 0) is 0 Å². The predicted octanol–water partition coefficient (Wildman–Crippen LogP) is 21.3. The molecular formula is C63H140N4. The van der Waals surface area contributed by atoms with Crippen LogP contribution in [0.25, 0.3) is 0 Å². The molecule has 0 saturated carbocycles. The summed E-state index contributed by atoms with van der Waals surface area (Å²) in [6.45, 7) is 33.8. The van der Waals surface area contributed by atoms with Gasteiger partial charge in [-0.3, -0.25) is 4.90 Å². The fourth-order valence-corrected chi connectivity index (χ4v) is 8.40. The molecule has 0 spiro atoms. The lowest BCUT2D eigenvalue weighted by Gasteiger charge is -2.16. The molecule has 1 rings (SSSR count). The van der Waals surface area contributed by atoms with Crippen molar-refractivity contribution in [3.05, 3.63) is 0 Å². The Morgan fingerprint density at radius 2 is 0.582 bits per heavy atom. The lowest BCUT2D eigenvalue weighted by Crippen LogP contribution is -2.31. The number of hydrogen-bond acceptors (Lipinski definition) is 4. The maximum atomic E-state index is 3.58. The van der Waals surface area contributed by atoms with Crippen LogP contribution in [-0.4, -0.2) is 69.3 Å². The molecule has 1 aliphatic heterocycles. The lowest BCUT2D eigenvalue weighted by atomic mass is 10.1. The number of unbranched alkanes of at least 4 members (excludes halogenated alkanes) is 37. The van der Waals surface area contributed by atoms with E-state index < -0.39 is 0 Å². The zero-order valence-electron chi connectivity index (χ0n) is 50.0. The Morgan fingerprint density at radius 1 is 0.343 bits per heavy atom. The maximum Gasteiger partial charge on any atom is 0.0481 e. The van der Waals surface area contributed by atoms with Gasteiger partial charge in [0.15, 0.2) is 0 Å². The van der Waals surface area contributed by atoms with Gasteiger partial charge in [0, 0.05) is 32.8 Å². The van der Waals surface area contributed by atoms with Gasteiger partial charge < -0.3 is 15.5 Å². The number of nitrogens with zero attached hydrogens (tertiary/aromatic N) is 2. The predicted molar refractivity (Wildman–Crippen MR) is 316 cm³/mol. The minimum Gasteiger partial charge on any atom is -0.315 e. The number of hydrogen-bond donors (Lipinski definition) is 2. The summed E-state index contributed by atoms with van der Waals surface area (Å²) in [7, 11) is 2.29. The van der Waals surface area contributed by atoms with Crippen LogP contribution in [0.1, 0.15) is 352 Å². The zero-order valence-corrected chi connectivity index (χ0v) is 50.0. The Kier molecular flexibility index (Phi) is 90.4. The summed E-state index contributed by atoms with van der Waals surface area (Å²) in [5.41, 5.74) is 0. The highest BCUT2D eigenvalue weighted by Crippen LogP contribution is 2.13. The van der Waals surface area contributed by atoms with E-state index in [2.05, 4.69) is 89.8 Å². The fourth-order valence-electron chi connectivity index (χ4n) is 8.40. The van der Waals surface area contributed by atoms with Crippen molar-refractivity contribution in [3.8, 4) is 0 Å². The van der Waals surface area contributed by atoms with Crippen molar-refractivity contribution in [1.29, 1.82) is 0 Å². The van der Waals surface area contributed by atoms with Gasteiger partial charge in [-0.2, -0.15) is 0 Å². The zero-order chi connectivity index (χ0) is 50.6. The molecule has 67 heavy (non-hydrogen) atoms. The van der Waals surface area contributed by atoms with E-state index >= 15 is 0 Å². The molecule has 0 atom stereocenters. The van der Waals surface area contributed by atoms with Crippen molar-refractivity contribution in [3.63, 3.8) is 0 Å². The maximum absolute atomic E-state index is 3.58. The smallest absolute Gasteiger partial charge is 0.0481 e. The summed E-state index contributed by atoms with van der Waals surface area (Å²) in [4.78, 5) is 5.01. The topological polar surface area (TPSA) is 30.5 Å². The first-order valence-corrected chi connectivity index (χ1v) is 31.8. The molecule has 0 aromatic rings. The molecule has 4 heteroatoms. The van der Waals surface area contributed by atoms with E-state index in [9.17, 15) is 0 Å². The second kappa shape index (κ2) is 80.0. The van der Waals surface area contributed by atoms with Crippen molar-refractivity contribution in [1.82, 2.24) is 20.4 Å². The molecule has 0 aromatic heterocycles. The molecule has 2 N–H and O–H groups in total. The first-order valence-electron chi connectivity index (χ1n) is 31.8. The third kappa shape index (κ3) is 86.1. The van der Waals surface area contributed by atoms with E-state index in [0.717, 1.165) is 13.2 Å². The van der Waals surface area contributed by atoms with E-state index in [1.807, 2.05) is 13.8 Å². The molecule has 1 saturated heterocycles. The fraction of sp³-hybridized carbons (Fsp3) is 1.00. The highest BCUT2D eigenvalue weighted by atomic mass is 15.3. The molecule has 1 fully saturated rings. The van der Waals surface area contributed by atoms with Crippen LogP contribution < -0.4 is 10.6 Å². The average molecular weight is 954 g/mol. The molecule has 1 heterocycles. The molecular weight excluding hydrogens is 813 g/mol. The second-order valence-corrected chi connectivity index (χ2v) is 20.4. The Hall–Kier alpha value is -0.160. The van der Waals surface area contributed by atoms with Gasteiger partial charge in [-0.1, -0.05) is 333 Å². The quantitative estimate of drug-likeness (QED) is 0.0595. The van der Waals surface area contributed by atoms with Gasteiger partial charge in [0.1, 0.15) is 0 Å². The van der Waals surface area contributed by atoms with Gasteiger partial charge >= 0.3 is 0 Å². The van der Waals surface area contributed by atoms with Crippen molar-refractivity contribution in [2.45, 2.75) is 352 Å². The molecule has 0 radical (unpaired) electrons. The summed E-state index contributed by atoms with van der Waals surface area (Å²) < 4.78 is 0. The van der Waals surface area contributed by atoms with Crippen LogP contribution in [0.5, 0.6) is 0 Å². The standard InChI is InChI=1S/C19H41N3.C18H39N.C13H28.C8H18.C3H8.C2H6/c1-2-3-4-5-6-7-8-9-10-11-12-13-14-20-15-17-22-18-16-21-19-22;1-4-6-8-10-12-14-16-18-19(3)17-15-13-11-9-7-5-2;1-3-5-7-9-11-13-12-10-8-6-4-2;1-3-5-7-8-6-4-2;1-3-2;1-2/h20-21H,2-19H2,1H3;4-18H2,1-3H3;3-13H2,1-2H3;3-8H2,1-2H3;3H2,1-2H3;1-2H3. The first-order chi connectivity index (χ1) is 33.0. The molecule has 0 bridgehead atoms. The van der Waals surface area contributed by atoms with E-state index in [1.54, 1.807) is 0 Å². The average Bonchev–Trinajstić information content (AvgIpc) is 3.87. The third-order valence-corrected chi connectivity index (χ3v) is 13.0. The van der Waals surface area contributed by atoms with Crippen LogP contribution in [0.3, 0.4) is 0 Å². The third-order valence-electron chi connectivity index (χ3n) is 13.0. The van der Waals surface area contributed by atoms with Crippen molar-refractivity contribution < 1.29 is 0 Å². The van der Waals surface area contributed by atoms with Gasteiger partial charge in [0.25, 0.3) is 0 Å². The minimum atomic E-state index is 1.08. The van der Waals surface area contributed by atoms with Crippen LogP contribution in [0.15, 0.2) is 0 Å². The monoisotopic (exact) mass is 953 g/mol. The molecule has 0 amide bonds. The summed E-state index contributed by atoms with van der Waals surface area (Å²) in [6.07, 6.45) is 61.4. The summed E-state index contributed by atoms with van der Waals surface area (Å²) in [5.74, 6) is 0. The van der Waals surface area contributed by atoms with Gasteiger partial charge in [-0.05, 0) is 45.9 Å². The molecule has 0 aliphatic carbocycles. The Bertz CT molecular complexity index is 694. The molecule has 0 unspecified atom stereocenters.